The zero-order valence-corrected chi connectivity index (χ0v) is 19.1. The Balaban J connectivity index is 0.00000484. The molecule has 0 radical (unpaired) electrons. The van der Waals surface area contributed by atoms with Crippen molar-refractivity contribution in [3.8, 4) is 0 Å². The van der Waals surface area contributed by atoms with E-state index in [1.54, 1.807) is 11.3 Å². The van der Waals surface area contributed by atoms with Crippen LogP contribution in [-0.2, 0) is 17.3 Å². The molecule has 23 heavy (non-hydrogen) atoms. The Kier molecular flexibility index (Phi) is 11.0. The van der Waals surface area contributed by atoms with Gasteiger partial charge in [-0.3, -0.25) is 9.20 Å². The van der Waals surface area contributed by atoms with Crippen LogP contribution < -0.4 is 5.32 Å². The highest BCUT2D eigenvalue weighted by Gasteiger charge is 2.18. The van der Waals surface area contributed by atoms with Gasteiger partial charge in [0.05, 0.1) is 17.4 Å². The average Bonchev–Trinajstić information content (AvgIpc) is 2.81. The van der Waals surface area contributed by atoms with Crippen molar-refractivity contribution in [3.05, 3.63) is 21.3 Å². The molecule has 0 aliphatic carbocycles. The maximum atomic E-state index is 12.1. The SMILES string of the molecule is CCNC(=NCCS(=O)C(C)(C)C)N(C)Cc1ccc(Cl)s1.I. The average molecular weight is 492 g/mol. The summed E-state index contributed by atoms with van der Waals surface area (Å²) in [6.07, 6.45) is 0. The van der Waals surface area contributed by atoms with E-state index in [0.717, 1.165) is 23.4 Å². The standard InChI is InChI=1S/C15H26ClN3OS2.HI/c1-6-17-14(18-9-10-22(20)15(2,3)4)19(5)11-12-7-8-13(16)21-12;/h7-8H,6,9-11H2,1-5H3,(H,17,18);1H. The van der Waals surface area contributed by atoms with Crippen LogP contribution in [0.25, 0.3) is 0 Å². The van der Waals surface area contributed by atoms with Gasteiger partial charge in [-0.1, -0.05) is 11.6 Å². The number of rotatable bonds is 6. The predicted octanol–water partition coefficient (Wildman–Crippen LogP) is 3.96. The molecule has 0 fully saturated rings. The van der Waals surface area contributed by atoms with Crippen molar-refractivity contribution >= 4 is 63.7 Å². The molecule has 1 unspecified atom stereocenters. The van der Waals surface area contributed by atoms with E-state index in [1.165, 1.54) is 4.88 Å². The summed E-state index contributed by atoms with van der Waals surface area (Å²) < 4.78 is 12.7. The Morgan fingerprint density at radius 1 is 1.43 bits per heavy atom. The van der Waals surface area contributed by atoms with Crippen molar-refractivity contribution in [3.63, 3.8) is 0 Å². The molecule has 1 atom stereocenters. The molecule has 0 spiro atoms. The fraction of sp³-hybridized carbons (Fsp3) is 0.667. The minimum atomic E-state index is -0.874. The quantitative estimate of drug-likeness (QED) is 0.372. The van der Waals surface area contributed by atoms with Gasteiger partial charge in [0.25, 0.3) is 0 Å². The zero-order valence-electron chi connectivity index (χ0n) is 14.4. The molecule has 8 heteroatoms. The summed E-state index contributed by atoms with van der Waals surface area (Å²) in [4.78, 5) is 7.83. The molecular formula is C15H27ClIN3OS2. The summed E-state index contributed by atoms with van der Waals surface area (Å²) >= 11 is 7.54. The molecule has 0 aliphatic rings. The van der Waals surface area contributed by atoms with Crippen LogP contribution in [0, 0.1) is 0 Å². The van der Waals surface area contributed by atoms with Gasteiger partial charge >= 0.3 is 0 Å². The van der Waals surface area contributed by atoms with Gasteiger partial charge in [0.1, 0.15) is 0 Å². The Hall–Kier alpha value is 0.140. The van der Waals surface area contributed by atoms with Crippen molar-refractivity contribution < 1.29 is 4.21 Å². The minimum Gasteiger partial charge on any atom is -0.357 e. The van der Waals surface area contributed by atoms with Gasteiger partial charge in [0.2, 0.25) is 0 Å². The molecule has 0 aromatic carbocycles. The number of hydrogen-bond donors (Lipinski definition) is 1. The molecule has 0 aliphatic heterocycles. The molecule has 0 amide bonds. The van der Waals surface area contributed by atoms with E-state index >= 15 is 0 Å². The number of halogens is 2. The number of hydrogen-bond acceptors (Lipinski definition) is 3. The van der Waals surface area contributed by atoms with Crippen LogP contribution in [0.2, 0.25) is 4.34 Å². The van der Waals surface area contributed by atoms with Crippen molar-refractivity contribution in [1.29, 1.82) is 0 Å². The second-order valence-corrected chi connectivity index (χ2v) is 10.1. The van der Waals surface area contributed by atoms with E-state index in [4.69, 9.17) is 11.6 Å². The summed E-state index contributed by atoms with van der Waals surface area (Å²) in [6.45, 7) is 10.1. The van der Waals surface area contributed by atoms with Crippen LogP contribution in [0.15, 0.2) is 17.1 Å². The Labute approximate surface area is 168 Å². The van der Waals surface area contributed by atoms with E-state index in [9.17, 15) is 4.21 Å². The summed E-state index contributed by atoms with van der Waals surface area (Å²) in [5, 5.41) is 3.27. The molecule has 4 nitrogen and oxygen atoms in total. The molecule has 1 rings (SSSR count). The fourth-order valence-corrected chi connectivity index (χ4v) is 3.77. The van der Waals surface area contributed by atoms with Gasteiger partial charge in [-0.15, -0.1) is 35.3 Å². The first-order valence-electron chi connectivity index (χ1n) is 7.36. The number of aliphatic imine (C=N–C) groups is 1. The monoisotopic (exact) mass is 491 g/mol. The molecule has 1 aromatic rings. The molecule has 0 saturated heterocycles. The largest absolute Gasteiger partial charge is 0.357 e. The van der Waals surface area contributed by atoms with E-state index in [2.05, 4.69) is 15.2 Å². The predicted molar refractivity (Wildman–Crippen MR) is 115 cm³/mol. The molecular weight excluding hydrogens is 465 g/mol. The third-order valence-corrected chi connectivity index (χ3v) is 6.07. The van der Waals surface area contributed by atoms with Crippen LogP contribution >= 0.6 is 46.9 Å². The second kappa shape index (κ2) is 10.9. The number of nitrogens with one attached hydrogen (secondary N) is 1. The minimum absolute atomic E-state index is 0. The highest BCUT2D eigenvalue weighted by atomic mass is 127. The van der Waals surface area contributed by atoms with E-state index in [0.29, 0.717) is 12.3 Å². The maximum Gasteiger partial charge on any atom is 0.194 e. The topological polar surface area (TPSA) is 44.7 Å². The van der Waals surface area contributed by atoms with E-state index < -0.39 is 10.8 Å². The number of guanidine groups is 1. The van der Waals surface area contributed by atoms with Crippen LogP contribution in [0.1, 0.15) is 32.6 Å². The third-order valence-electron chi connectivity index (χ3n) is 2.94. The molecule has 0 bridgehead atoms. The van der Waals surface area contributed by atoms with Gasteiger partial charge in [-0.2, -0.15) is 0 Å². The first kappa shape index (κ1) is 23.1. The summed E-state index contributed by atoms with van der Waals surface area (Å²) in [6, 6.07) is 3.94. The maximum absolute atomic E-state index is 12.1. The first-order chi connectivity index (χ1) is 10.2. The number of nitrogens with zero attached hydrogens (tertiary/aromatic N) is 2. The summed E-state index contributed by atoms with van der Waals surface area (Å²) in [5.74, 6) is 1.41. The van der Waals surface area contributed by atoms with E-state index in [1.807, 2.05) is 46.9 Å². The lowest BCUT2D eigenvalue weighted by molar-refractivity contribution is 0.482. The van der Waals surface area contributed by atoms with Gasteiger partial charge in [-0.25, -0.2) is 0 Å². The highest BCUT2D eigenvalue weighted by Crippen LogP contribution is 2.22. The molecule has 1 aromatic heterocycles. The summed E-state index contributed by atoms with van der Waals surface area (Å²) in [5.41, 5.74) is 0. The highest BCUT2D eigenvalue weighted by molar-refractivity contribution is 14.0. The lowest BCUT2D eigenvalue weighted by Gasteiger charge is -2.22. The van der Waals surface area contributed by atoms with Gasteiger partial charge in [0, 0.05) is 39.8 Å². The van der Waals surface area contributed by atoms with Crippen LogP contribution in [0.3, 0.4) is 0 Å². The van der Waals surface area contributed by atoms with Gasteiger partial charge < -0.3 is 10.2 Å². The van der Waals surface area contributed by atoms with Crippen molar-refractivity contribution in [2.24, 2.45) is 4.99 Å². The Bertz CT molecular complexity index is 529. The van der Waals surface area contributed by atoms with Gasteiger partial charge in [-0.05, 0) is 39.8 Å². The van der Waals surface area contributed by atoms with Crippen molar-refractivity contribution in [2.45, 2.75) is 39.0 Å². The van der Waals surface area contributed by atoms with Crippen LogP contribution in [-0.4, -0.2) is 45.7 Å². The molecule has 1 heterocycles. The number of thiophene rings is 1. The smallest absolute Gasteiger partial charge is 0.194 e. The first-order valence-corrected chi connectivity index (χ1v) is 9.87. The Morgan fingerprint density at radius 3 is 2.57 bits per heavy atom. The zero-order chi connectivity index (χ0) is 16.8. The third kappa shape index (κ3) is 8.69. The normalized spacial score (nSPS) is 13.4. The Morgan fingerprint density at radius 2 is 2.09 bits per heavy atom. The van der Waals surface area contributed by atoms with Crippen LogP contribution in [0.4, 0.5) is 0 Å². The lowest BCUT2D eigenvalue weighted by Crippen LogP contribution is -2.38. The molecule has 1 N–H and O–H groups in total. The second-order valence-electron chi connectivity index (χ2n) is 5.96. The lowest BCUT2D eigenvalue weighted by atomic mass is 10.3. The molecule has 134 valence electrons. The van der Waals surface area contributed by atoms with Crippen molar-refractivity contribution in [1.82, 2.24) is 10.2 Å². The van der Waals surface area contributed by atoms with Gasteiger partial charge in [0.15, 0.2) is 5.96 Å². The molecule has 0 saturated carbocycles. The fourth-order valence-electron chi connectivity index (χ4n) is 1.76. The van der Waals surface area contributed by atoms with E-state index in [-0.39, 0.29) is 28.7 Å². The summed E-state index contributed by atoms with van der Waals surface area (Å²) in [7, 11) is 1.12. The van der Waals surface area contributed by atoms with Crippen molar-refractivity contribution in [2.75, 3.05) is 25.9 Å². The van der Waals surface area contributed by atoms with Crippen LogP contribution in [0.5, 0.6) is 0 Å².